The Hall–Kier alpha value is -0.480. The Bertz CT molecular complexity index is 338. The molecule has 0 heterocycles. The zero-order valence-corrected chi connectivity index (χ0v) is 10.8. The first kappa shape index (κ1) is 15.5. The molecule has 16 heavy (non-hydrogen) atoms. The highest BCUT2D eigenvalue weighted by Gasteiger charge is 2.05. The Balaban J connectivity index is 0.00000225. The van der Waals surface area contributed by atoms with E-state index >= 15 is 0 Å². The van der Waals surface area contributed by atoms with Crippen LogP contribution in [0.5, 0.6) is 0 Å². The van der Waals surface area contributed by atoms with Crippen LogP contribution in [0.3, 0.4) is 0 Å². The molecular formula is C10H13Cl3N2O. The van der Waals surface area contributed by atoms with Gasteiger partial charge < -0.3 is 11.1 Å². The average Bonchev–Trinajstić information content (AvgIpc) is 2.22. The van der Waals surface area contributed by atoms with Crippen molar-refractivity contribution in [1.29, 1.82) is 0 Å². The van der Waals surface area contributed by atoms with Crippen molar-refractivity contribution in [1.82, 2.24) is 5.32 Å². The van der Waals surface area contributed by atoms with E-state index in [-0.39, 0.29) is 24.9 Å². The van der Waals surface area contributed by atoms with Crippen LogP contribution in [0.25, 0.3) is 0 Å². The molecule has 0 atom stereocenters. The molecule has 0 bridgehead atoms. The van der Waals surface area contributed by atoms with Gasteiger partial charge in [-0.25, -0.2) is 0 Å². The monoisotopic (exact) mass is 282 g/mol. The minimum atomic E-state index is -0.182. The first-order chi connectivity index (χ1) is 7.15. The van der Waals surface area contributed by atoms with Gasteiger partial charge in [-0.1, -0.05) is 29.3 Å². The van der Waals surface area contributed by atoms with Gasteiger partial charge in [0.25, 0.3) is 0 Å². The molecule has 0 saturated heterocycles. The fourth-order valence-electron chi connectivity index (χ4n) is 1.17. The molecule has 0 aromatic heterocycles. The van der Waals surface area contributed by atoms with Gasteiger partial charge in [0.15, 0.2) is 0 Å². The highest BCUT2D eigenvalue weighted by molar-refractivity contribution is 6.35. The van der Waals surface area contributed by atoms with Crippen molar-refractivity contribution in [2.75, 3.05) is 13.1 Å². The smallest absolute Gasteiger partial charge is 0.233 e. The average molecular weight is 284 g/mol. The molecule has 0 aliphatic carbocycles. The van der Waals surface area contributed by atoms with Crippen molar-refractivity contribution in [2.45, 2.75) is 6.42 Å². The number of carbonyl (C=O) groups is 1. The molecule has 1 aromatic carbocycles. The Morgan fingerprint density at radius 1 is 1.31 bits per heavy atom. The summed E-state index contributed by atoms with van der Waals surface area (Å²) in [6.45, 7) is 0.482. The molecule has 6 heteroatoms. The van der Waals surface area contributed by atoms with E-state index < -0.39 is 0 Å². The van der Waals surface area contributed by atoms with Gasteiger partial charge in [0.05, 0.1) is 6.54 Å². The second-order valence-electron chi connectivity index (χ2n) is 3.00. The van der Waals surface area contributed by atoms with Crippen LogP contribution in [-0.4, -0.2) is 19.0 Å². The summed E-state index contributed by atoms with van der Waals surface area (Å²) in [7, 11) is 0. The van der Waals surface area contributed by atoms with Crippen molar-refractivity contribution in [3.05, 3.63) is 33.8 Å². The molecule has 0 fully saturated rings. The Labute approximate surface area is 111 Å². The number of amides is 1. The van der Waals surface area contributed by atoms with E-state index in [9.17, 15) is 4.79 Å². The summed E-state index contributed by atoms with van der Waals surface area (Å²) in [4.78, 5) is 10.9. The van der Waals surface area contributed by atoms with Crippen molar-refractivity contribution in [2.24, 2.45) is 5.73 Å². The number of nitrogens with one attached hydrogen (secondary N) is 1. The minimum absolute atomic E-state index is 0. The van der Waals surface area contributed by atoms with E-state index in [1.54, 1.807) is 18.2 Å². The van der Waals surface area contributed by atoms with Gasteiger partial charge in [-0.15, -0.1) is 12.4 Å². The van der Waals surface area contributed by atoms with E-state index in [1.165, 1.54) is 0 Å². The second kappa shape index (κ2) is 7.74. The maximum absolute atomic E-state index is 10.9. The predicted molar refractivity (Wildman–Crippen MR) is 69.5 cm³/mol. The Kier molecular flexibility index (Phi) is 7.51. The Morgan fingerprint density at radius 2 is 1.88 bits per heavy atom. The molecule has 90 valence electrons. The van der Waals surface area contributed by atoms with Gasteiger partial charge in [-0.2, -0.15) is 0 Å². The summed E-state index contributed by atoms with van der Waals surface area (Å²) in [6.07, 6.45) is 0.601. The predicted octanol–water partition coefficient (Wildman–Crippen LogP) is 2.03. The van der Waals surface area contributed by atoms with Crippen LogP contribution in [0.4, 0.5) is 0 Å². The standard InChI is InChI=1S/C10H12Cl2N2O.ClH/c11-8-2-1-3-9(12)7(8)4-5-14-10(15)6-13;/h1-3H,4-6,13H2,(H,14,15);1H. The van der Waals surface area contributed by atoms with E-state index in [1.807, 2.05) is 0 Å². The maximum atomic E-state index is 10.9. The number of hydrogen-bond donors (Lipinski definition) is 2. The number of hydrogen-bond acceptors (Lipinski definition) is 2. The van der Waals surface area contributed by atoms with Gasteiger partial charge in [0.1, 0.15) is 0 Å². The third kappa shape index (κ3) is 4.58. The molecule has 0 saturated carbocycles. The second-order valence-corrected chi connectivity index (χ2v) is 3.82. The van der Waals surface area contributed by atoms with Gasteiger partial charge in [0, 0.05) is 16.6 Å². The third-order valence-corrected chi connectivity index (χ3v) is 2.65. The van der Waals surface area contributed by atoms with Crippen LogP contribution in [0.15, 0.2) is 18.2 Å². The maximum Gasteiger partial charge on any atom is 0.233 e. The number of nitrogens with two attached hydrogens (primary N) is 1. The first-order valence-corrected chi connectivity index (χ1v) is 5.30. The van der Waals surface area contributed by atoms with Crippen LogP contribution in [0.2, 0.25) is 10.0 Å². The largest absolute Gasteiger partial charge is 0.355 e. The molecule has 3 nitrogen and oxygen atoms in total. The molecule has 0 unspecified atom stereocenters. The summed E-state index contributed by atoms with van der Waals surface area (Å²) in [5, 5.41) is 3.88. The SMILES string of the molecule is Cl.NCC(=O)NCCc1c(Cl)cccc1Cl. The molecule has 0 radical (unpaired) electrons. The van der Waals surface area contributed by atoms with Crippen molar-refractivity contribution >= 4 is 41.5 Å². The topological polar surface area (TPSA) is 55.1 Å². The lowest BCUT2D eigenvalue weighted by Gasteiger charge is -2.07. The van der Waals surface area contributed by atoms with E-state index in [0.717, 1.165) is 5.56 Å². The van der Waals surface area contributed by atoms with Gasteiger partial charge in [-0.05, 0) is 24.1 Å². The number of rotatable bonds is 4. The van der Waals surface area contributed by atoms with Crippen LogP contribution in [-0.2, 0) is 11.2 Å². The zero-order valence-electron chi connectivity index (χ0n) is 8.50. The van der Waals surface area contributed by atoms with Crippen molar-refractivity contribution in [3.63, 3.8) is 0 Å². The van der Waals surface area contributed by atoms with Gasteiger partial charge >= 0.3 is 0 Å². The normalized spacial score (nSPS) is 9.44. The molecule has 0 aliphatic rings. The van der Waals surface area contributed by atoms with E-state index in [0.29, 0.717) is 23.0 Å². The van der Waals surface area contributed by atoms with E-state index in [2.05, 4.69) is 5.32 Å². The quantitative estimate of drug-likeness (QED) is 0.888. The summed E-state index contributed by atoms with van der Waals surface area (Å²) < 4.78 is 0. The summed E-state index contributed by atoms with van der Waals surface area (Å²) in [6, 6.07) is 5.33. The molecular weight excluding hydrogens is 270 g/mol. The lowest BCUT2D eigenvalue weighted by molar-refractivity contribution is -0.119. The van der Waals surface area contributed by atoms with E-state index in [4.69, 9.17) is 28.9 Å². The molecule has 1 rings (SSSR count). The van der Waals surface area contributed by atoms with Crippen molar-refractivity contribution < 1.29 is 4.79 Å². The van der Waals surface area contributed by atoms with Gasteiger partial charge in [-0.3, -0.25) is 4.79 Å². The molecule has 3 N–H and O–H groups in total. The molecule has 1 amide bonds. The van der Waals surface area contributed by atoms with Crippen LogP contribution in [0, 0.1) is 0 Å². The zero-order chi connectivity index (χ0) is 11.3. The van der Waals surface area contributed by atoms with Crippen LogP contribution < -0.4 is 11.1 Å². The summed E-state index contributed by atoms with van der Waals surface area (Å²) in [5.41, 5.74) is 5.99. The molecule has 1 aromatic rings. The van der Waals surface area contributed by atoms with Crippen molar-refractivity contribution in [3.8, 4) is 0 Å². The molecule has 0 aliphatic heterocycles. The fourth-order valence-corrected chi connectivity index (χ4v) is 1.76. The first-order valence-electron chi connectivity index (χ1n) is 4.55. The minimum Gasteiger partial charge on any atom is -0.355 e. The molecule has 0 spiro atoms. The summed E-state index contributed by atoms with van der Waals surface area (Å²) in [5.74, 6) is -0.182. The Morgan fingerprint density at radius 3 is 2.38 bits per heavy atom. The fraction of sp³-hybridized carbons (Fsp3) is 0.300. The number of carbonyl (C=O) groups excluding carboxylic acids is 1. The lowest BCUT2D eigenvalue weighted by Crippen LogP contribution is -2.31. The summed E-state index contributed by atoms with van der Waals surface area (Å²) >= 11 is 11.9. The van der Waals surface area contributed by atoms with Crippen LogP contribution in [0.1, 0.15) is 5.56 Å². The lowest BCUT2D eigenvalue weighted by atomic mass is 10.1. The third-order valence-electron chi connectivity index (χ3n) is 1.94. The van der Waals surface area contributed by atoms with Crippen LogP contribution >= 0.6 is 35.6 Å². The number of benzene rings is 1. The van der Waals surface area contributed by atoms with Gasteiger partial charge in [0.2, 0.25) is 5.91 Å². The highest BCUT2D eigenvalue weighted by atomic mass is 35.5. The number of halogens is 3. The highest BCUT2D eigenvalue weighted by Crippen LogP contribution is 2.24.